The minimum atomic E-state index is -4.17. The number of sulfonamides is 1. The molecule has 11 nitrogen and oxygen atoms in total. The van der Waals surface area contributed by atoms with Crippen molar-refractivity contribution in [2.24, 2.45) is 5.92 Å². The zero-order valence-electron chi connectivity index (χ0n) is 26.9. The fourth-order valence-electron chi connectivity index (χ4n) is 5.31. The molecule has 4 aromatic rings. The Morgan fingerprint density at radius 2 is 1.76 bits per heavy atom. The summed E-state index contributed by atoms with van der Waals surface area (Å²) < 4.78 is 41.6. The van der Waals surface area contributed by atoms with Crippen molar-refractivity contribution in [1.29, 1.82) is 0 Å². The van der Waals surface area contributed by atoms with Crippen LogP contribution in [-0.2, 0) is 16.6 Å². The molecule has 1 N–H and O–H groups in total. The molecule has 0 radical (unpaired) electrons. The van der Waals surface area contributed by atoms with E-state index in [0.717, 1.165) is 29.5 Å². The second-order valence-corrected chi connectivity index (χ2v) is 13.6. The highest BCUT2D eigenvalue weighted by molar-refractivity contribution is 7.92. The molecule has 0 saturated carbocycles. The lowest BCUT2D eigenvalue weighted by Gasteiger charge is -2.32. The Kier molecular flexibility index (Phi) is 10.2. The van der Waals surface area contributed by atoms with Gasteiger partial charge in [-0.15, -0.1) is 0 Å². The normalized spacial score (nSPS) is 16.1. The van der Waals surface area contributed by atoms with Crippen LogP contribution in [0.15, 0.2) is 65.8 Å². The number of rotatable bonds is 9. The number of aryl methyl sites for hydroxylation is 2. The van der Waals surface area contributed by atoms with Gasteiger partial charge in [0.25, 0.3) is 15.9 Å². The number of aromatic nitrogens is 4. The lowest BCUT2D eigenvalue weighted by Crippen LogP contribution is -2.44. The average molecular weight is 645 g/mol. The fraction of sp³-hybridized carbons (Fsp3) is 0.382. The minimum Gasteiger partial charge on any atom is -0.490 e. The van der Waals surface area contributed by atoms with E-state index < -0.39 is 16.1 Å². The molecule has 2 aromatic heterocycles. The number of carbonyl (C=O) groups is 1. The highest BCUT2D eigenvalue weighted by Gasteiger charge is 2.29. The van der Waals surface area contributed by atoms with Crippen molar-refractivity contribution in [3.8, 4) is 22.9 Å². The maximum Gasteiger partial charge on any atom is 0.264 e. The summed E-state index contributed by atoms with van der Waals surface area (Å²) in [6.07, 6.45) is 5.49. The monoisotopic (exact) mass is 644 g/mol. The highest BCUT2D eigenvalue weighted by atomic mass is 32.2. The number of fused-ring (bicyclic) bond motifs is 4. The molecule has 242 valence electrons. The van der Waals surface area contributed by atoms with Crippen molar-refractivity contribution in [1.82, 2.24) is 24.8 Å². The van der Waals surface area contributed by atoms with Gasteiger partial charge in [-0.25, -0.2) is 28.1 Å². The van der Waals surface area contributed by atoms with Crippen LogP contribution in [0.4, 0.5) is 5.95 Å². The SMILES string of the molecule is CCCOc1cnc(CN2C(=O)c3cccc(c3)S(=O)(=O)Nc3nc(cc(-c4c(C)cccc4C)n3)OC[C@H]2CCC(C)C)nc1. The van der Waals surface area contributed by atoms with Crippen LogP contribution < -0.4 is 14.2 Å². The van der Waals surface area contributed by atoms with E-state index in [2.05, 4.69) is 38.5 Å². The van der Waals surface area contributed by atoms with Gasteiger partial charge in [0.1, 0.15) is 12.4 Å². The molecule has 5 rings (SSSR count). The van der Waals surface area contributed by atoms with Crippen LogP contribution in [0.1, 0.15) is 67.3 Å². The first-order valence-electron chi connectivity index (χ1n) is 15.5. The minimum absolute atomic E-state index is 0.0803. The number of carbonyl (C=O) groups excluding carboxylic acids is 1. The van der Waals surface area contributed by atoms with Gasteiger partial charge in [-0.3, -0.25) is 4.79 Å². The van der Waals surface area contributed by atoms with Gasteiger partial charge in [-0.1, -0.05) is 45.0 Å². The number of anilines is 1. The van der Waals surface area contributed by atoms with Crippen LogP contribution in [0.3, 0.4) is 0 Å². The van der Waals surface area contributed by atoms with Gasteiger partial charge in [-0.2, -0.15) is 4.98 Å². The molecule has 1 aliphatic heterocycles. The summed E-state index contributed by atoms with van der Waals surface area (Å²) in [5.74, 6) is 1.03. The molecule has 46 heavy (non-hydrogen) atoms. The summed E-state index contributed by atoms with van der Waals surface area (Å²) in [4.78, 5) is 33.8. The Bertz CT molecular complexity index is 1780. The maximum atomic E-state index is 14.2. The Labute approximate surface area is 270 Å². The van der Waals surface area contributed by atoms with E-state index in [-0.39, 0.29) is 41.3 Å². The summed E-state index contributed by atoms with van der Waals surface area (Å²) in [7, 11) is -4.17. The van der Waals surface area contributed by atoms with Gasteiger partial charge >= 0.3 is 0 Å². The molecular formula is C34H40N6O5S. The van der Waals surface area contributed by atoms with E-state index in [1.54, 1.807) is 35.5 Å². The molecule has 4 bridgehead atoms. The van der Waals surface area contributed by atoms with Gasteiger partial charge in [0, 0.05) is 17.2 Å². The molecule has 2 aromatic carbocycles. The van der Waals surface area contributed by atoms with E-state index in [1.165, 1.54) is 12.1 Å². The molecule has 0 unspecified atom stereocenters. The first kappa shape index (κ1) is 32.8. The van der Waals surface area contributed by atoms with Crippen LogP contribution >= 0.6 is 0 Å². The van der Waals surface area contributed by atoms with Crippen molar-refractivity contribution in [3.63, 3.8) is 0 Å². The topological polar surface area (TPSA) is 136 Å². The van der Waals surface area contributed by atoms with Gasteiger partial charge in [0.2, 0.25) is 11.8 Å². The van der Waals surface area contributed by atoms with Gasteiger partial charge in [0.05, 0.1) is 42.2 Å². The zero-order valence-corrected chi connectivity index (χ0v) is 27.7. The molecule has 1 amide bonds. The van der Waals surface area contributed by atoms with E-state index in [9.17, 15) is 13.2 Å². The van der Waals surface area contributed by atoms with Crippen molar-refractivity contribution in [2.75, 3.05) is 17.9 Å². The fourth-order valence-corrected chi connectivity index (χ4v) is 6.30. The lowest BCUT2D eigenvalue weighted by atomic mass is 10.00. The third kappa shape index (κ3) is 7.79. The van der Waals surface area contributed by atoms with Gasteiger partial charge in [-0.05, 0) is 68.4 Å². The predicted octanol–water partition coefficient (Wildman–Crippen LogP) is 5.98. The number of hydrogen-bond acceptors (Lipinski definition) is 9. The second kappa shape index (κ2) is 14.2. The van der Waals surface area contributed by atoms with Crippen LogP contribution in [0, 0.1) is 19.8 Å². The third-order valence-electron chi connectivity index (χ3n) is 7.73. The molecule has 3 heterocycles. The van der Waals surface area contributed by atoms with Crippen LogP contribution in [0.5, 0.6) is 11.6 Å². The summed E-state index contributed by atoms with van der Waals surface area (Å²) in [5.41, 5.74) is 3.54. The van der Waals surface area contributed by atoms with E-state index >= 15 is 0 Å². The van der Waals surface area contributed by atoms with Gasteiger partial charge < -0.3 is 14.4 Å². The lowest BCUT2D eigenvalue weighted by molar-refractivity contribution is 0.0557. The smallest absolute Gasteiger partial charge is 0.264 e. The number of amides is 1. The van der Waals surface area contributed by atoms with Crippen molar-refractivity contribution >= 4 is 21.9 Å². The summed E-state index contributed by atoms with van der Waals surface area (Å²) in [6.45, 7) is 10.9. The number of ether oxygens (including phenoxy) is 2. The van der Waals surface area contributed by atoms with E-state index in [0.29, 0.717) is 36.2 Å². The Morgan fingerprint density at radius 3 is 2.46 bits per heavy atom. The van der Waals surface area contributed by atoms with Crippen LogP contribution in [-0.4, -0.2) is 58.4 Å². The van der Waals surface area contributed by atoms with Crippen molar-refractivity contribution < 1.29 is 22.7 Å². The molecule has 0 spiro atoms. The summed E-state index contributed by atoms with van der Waals surface area (Å²) in [6, 6.07) is 13.2. The van der Waals surface area contributed by atoms with Gasteiger partial charge in [0.15, 0.2) is 5.75 Å². The molecule has 0 aliphatic carbocycles. The predicted molar refractivity (Wildman–Crippen MR) is 175 cm³/mol. The highest BCUT2D eigenvalue weighted by Crippen LogP contribution is 2.30. The second-order valence-electron chi connectivity index (χ2n) is 11.9. The number of hydrogen-bond donors (Lipinski definition) is 1. The van der Waals surface area contributed by atoms with Crippen LogP contribution in [0.2, 0.25) is 0 Å². The Hall–Kier alpha value is -4.58. The van der Waals surface area contributed by atoms with Crippen molar-refractivity contribution in [3.05, 3.63) is 83.4 Å². The summed E-state index contributed by atoms with van der Waals surface area (Å²) >= 11 is 0. The summed E-state index contributed by atoms with van der Waals surface area (Å²) in [5, 5.41) is 0. The maximum absolute atomic E-state index is 14.2. The molecule has 1 atom stereocenters. The molecule has 1 aliphatic rings. The van der Waals surface area contributed by atoms with Crippen LogP contribution in [0.25, 0.3) is 11.3 Å². The first-order valence-corrected chi connectivity index (χ1v) is 17.0. The van der Waals surface area contributed by atoms with E-state index in [1.807, 2.05) is 39.0 Å². The molecule has 0 saturated heterocycles. The third-order valence-corrected chi connectivity index (χ3v) is 9.05. The Balaban J connectivity index is 1.61. The number of benzene rings is 2. The first-order chi connectivity index (χ1) is 22.0. The molecule has 12 heteroatoms. The standard InChI is InChI=1S/C34H40N6O5S/c1-6-15-44-27-18-35-30(36-19-27)20-40-26(14-13-22(2)3)21-45-31-17-29(32-23(4)9-7-10-24(32)5)37-34(38-31)39-46(42,43)28-12-8-11-25(16-28)33(40)41/h7-12,16-19,22,26H,6,13-15,20-21H2,1-5H3,(H,37,38,39)/t26-/m1/s1. The Morgan fingerprint density at radius 1 is 1.04 bits per heavy atom. The quantitative estimate of drug-likeness (QED) is 0.233. The largest absolute Gasteiger partial charge is 0.490 e. The van der Waals surface area contributed by atoms with E-state index in [4.69, 9.17) is 9.47 Å². The average Bonchev–Trinajstić information content (AvgIpc) is 3.02. The van der Waals surface area contributed by atoms with Crippen molar-refractivity contribution in [2.45, 2.75) is 71.4 Å². The zero-order chi connectivity index (χ0) is 32.8. The number of nitrogens with zero attached hydrogens (tertiary/aromatic N) is 5. The molecular weight excluding hydrogens is 604 g/mol. The number of nitrogens with one attached hydrogen (secondary N) is 1. The molecule has 0 fully saturated rings.